The molecule has 0 unspecified atom stereocenters. The number of halogens is 1. The predicted octanol–water partition coefficient (Wildman–Crippen LogP) is 4.19. The van der Waals surface area contributed by atoms with Gasteiger partial charge in [0.05, 0.1) is 11.4 Å². The van der Waals surface area contributed by atoms with E-state index >= 15 is 0 Å². The Morgan fingerprint density at radius 3 is 2.74 bits per heavy atom. The van der Waals surface area contributed by atoms with Gasteiger partial charge in [-0.25, -0.2) is 9.37 Å². The molecule has 1 saturated carbocycles. The maximum absolute atomic E-state index is 13.7. The van der Waals surface area contributed by atoms with Gasteiger partial charge in [0, 0.05) is 12.2 Å². The monoisotopic (exact) mass is 259 g/mol. The molecule has 0 radical (unpaired) electrons. The van der Waals surface area contributed by atoms with Gasteiger partial charge in [-0.3, -0.25) is 0 Å². The van der Waals surface area contributed by atoms with Crippen LogP contribution in [0.4, 0.5) is 16.0 Å². The summed E-state index contributed by atoms with van der Waals surface area (Å²) in [7, 11) is 0. The van der Waals surface area contributed by atoms with Crippen molar-refractivity contribution in [2.75, 3.05) is 5.32 Å². The Balaban J connectivity index is 1.90. The lowest BCUT2D eigenvalue weighted by molar-refractivity contribution is 0.524. The van der Waals surface area contributed by atoms with Gasteiger partial charge in [-0.15, -0.1) is 0 Å². The largest absolute Gasteiger partial charge is 0.323 e. The zero-order chi connectivity index (χ0) is 13.2. The summed E-state index contributed by atoms with van der Waals surface area (Å²) in [5.74, 6) is 0.496. The molecule has 1 aliphatic carbocycles. The highest BCUT2D eigenvalue weighted by atomic mass is 19.1. The van der Waals surface area contributed by atoms with Crippen molar-refractivity contribution in [3.8, 4) is 0 Å². The van der Waals surface area contributed by atoms with E-state index in [9.17, 15) is 4.39 Å². The molecule has 1 N–H and O–H groups in total. The van der Waals surface area contributed by atoms with Gasteiger partial charge in [0.2, 0.25) is 5.95 Å². The van der Waals surface area contributed by atoms with Crippen LogP contribution in [0, 0.1) is 12.7 Å². The van der Waals surface area contributed by atoms with Crippen molar-refractivity contribution in [3.05, 3.63) is 42.0 Å². The molecule has 19 heavy (non-hydrogen) atoms. The third kappa shape index (κ3) is 2.48. The molecule has 0 amide bonds. The van der Waals surface area contributed by atoms with Gasteiger partial charge in [0.15, 0.2) is 0 Å². The second-order valence-corrected chi connectivity index (χ2v) is 5.16. The number of nitrogens with one attached hydrogen (secondary N) is 1. The van der Waals surface area contributed by atoms with Crippen LogP contribution in [-0.2, 0) is 0 Å². The fourth-order valence-electron chi connectivity index (χ4n) is 2.75. The van der Waals surface area contributed by atoms with Crippen LogP contribution < -0.4 is 5.32 Å². The Bertz CT molecular complexity index is 571. The number of para-hydroxylation sites is 1. The molecule has 3 nitrogen and oxygen atoms in total. The summed E-state index contributed by atoms with van der Waals surface area (Å²) >= 11 is 0. The molecule has 3 rings (SSSR count). The van der Waals surface area contributed by atoms with E-state index in [0.29, 0.717) is 11.7 Å². The molecular formula is C15H18FN3. The Morgan fingerprint density at radius 2 is 2.00 bits per heavy atom. The lowest BCUT2D eigenvalue weighted by atomic mass is 10.2. The summed E-state index contributed by atoms with van der Waals surface area (Å²) in [4.78, 5) is 4.48. The molecule has 0 bridgehead atoms. The maximum atomic E-state index is 13.7. The fraction of sp³-hybridized carbons (Fsp3) is 0.400. The molecule has 1 aromatic carbocycles. The number of hydrogen-bond donors (Lipinski definition) is 1. The number of rotatable bonds is 3. The van der Waals surface area contributed by atoms with E-state index in [1.807, 2.05) is 13.0 Å². The fourth-order valence-corrected chi connectivity index (χ4v) is 2.75. The first kappa shape index (κ1) is 12.2. The van der Waals surface area contributed by atoms with E-state index in [1.54, 1.807) is 12.1 Å². The number of anilines is 2. The van der Waals surface area contributed by atoms with Crippen molar-refractivity contribution in [3.63, 3.8) is 0 Å². The third-order valence-corrected chi connectivity index (χ3v) is 3.69. The van der Waals surface area contributed by atoms with Gasteiger partial charge in [-0.05, 0) is 31.9 Å². The van der Waals surface area contributed by atoms with Crippen molar-refractivity contribution >= 4 is 11.6 Å². The van der Waals surface area contributed by atoms with Gasteiger partial charge >= 0.3 is 0 Å². The number of hydrogen-bond acceptors (Lipinski definition) is 2. The first-order valence-electron chi connectivity index (χ1n) is 6.81. The SMILES string of the molecule is Cc1cn(C2CCCC2)c(Nc2ccccc2F)n1. The van der Waals surface area contributed by atoms with E-state index in [4.69, 9.17) is 0 Å². The molecule has 1 aromatic heterocycles. The Labute approximate surface area is 112 Å². The van der Waals surface area contributed by atoms with Crippen molar-refractivity contribution in [1.29, 1.82) is 0 Å². The summed E-state index contributed by atoms with van der Waals surface area (Å²) < 4.78 is 15.9. The zero-order valence-electron chi connectivity index (χ0n) is 11.1. The quantitative estimate of drug-likeness (QED) is 0.895. The summed E-state index contributed by atoms with van der Waals surface area (Å²) in [5, 5.41) is 3.12. The van der Waals surface area contributed by atoms with E-state index in [0.717, 1.165) is 11.6 Å². The van der Waals surface area contributed by atoms with Crippen LogP contribution >= 0.6 is 0 Å². The Hall–Kier alpha value is -1.84. The van der Waals surface area contributed by atoms with E-state index in [1.165, 1.54) is 31.7 Å². The van der Waals surface area contributed by atoms with Crippen molar-refractivity contribution < 1.29 is 4.39 Å². The normalized spacial score (nSPS) is 15.9. The average Bonchev–Trinajstić information content (AvgIpc) is 3.01. The van der Waals surface area contributed by atoms with Crippen LogP contribution in [0.5, 0.6) is 0 Å². The van der Waals surface area contributed by atoms with Crippen LogP contribution in [0.1, 0.15) is 37.4 Å². The predicted molar refractivity (Wildman–Crippen MR) is 74.2 cm³/mol. The highest BCUT2D eigenvalue weighted by Crippen LogP contribution is 2.33. The molecule has 0 spiro atoms. The minimum Gasteiger partial charge on any atom is -0.323 e. The summed E-state index contributed by atoms with van der Waals surface area (Å²) in [6.45, 7) is 1.97. The average molecular weight is 259 g/mol. The number of imidazole rings is 1. The standard InChI is InChI=1S/C15H18FN3/c1-11-10-19(12-6-2-3-7-12)15(17-11)18-14-9-5-4-8-13(14)16/h4-5,8-10,12H,2-3,6-7H2,1H3,(H,17,18). The summed E-state index contributed by atoms with van der Waals surface area (Å²) in [6.07, 6.45) is 6.95. The van der Waals surface area contributed by atoms with Crippen LogP contribution in [0.3, 0.4) is 0 Å². The second-order valence-electron chi connectivity index (χ2n) is 5.16. The molecule has 0 atom stereocenters. The minimum atomic E-state index is -0.249. The highest BCUT2D eigenvalue weighted by molar-refractivity contribution is 5.54. The molecule has 1 heterocycles. The van der Waals surface area contributed by atoms with Gasteiger partial charge in [-0.1, -0.05) is 25.0 Å². The maximum Gasteiger partial charge on any atom is 0.207 e. The molecule has 1 fully saturated rings. The number of nitrogens with zero attached hydrogens (tertiary/aromatic N) is 2. The lowest BCUT2D eigenvalue weighted by Crippen LogP contribution is -2.08. The van der Waals surface area contributed by atoms with E-state index < -0.39 is 0 Å². The van der Waals surface area contributed by atoms with Crippen LogP contribution in [0.2, 0.25) is 0 Å². The summed E-state index contributed by atoms with van der Waals surface area (Å²) in [6, 6.07) is 7.20. The molecule has 100 valence electrons. The molecular weight excluding hydrogens is 241 g/mol. The van der Waals surface area contributed by atoms with E-state index in [-0.39, 0.29) is 5.82 Å². The second kappa shape index (κ2) is 5.03. The number of benzene rings is 1. The molecule has 1 aliphatic rings. The summed E-state index contributed by atoms with van der Waals surface area (Å²) in [5.41, 5.74) is 1.44. The van der Waals surface area contributed by atoms with Crippen molar-refractivity contribution in [1.82, 2.24) is 9.55 Å². The van der Waals surface area contributed by atoms with Crippen LogP contribution in [0.25, 0.3) is 0 Å². The lowest BCUT2D eigenvalue weighted by Gasteiger charge is -2.15. The van der Waals surface area contributed by atoms with Gasteiger partial charge in [-0.2, -0.15) is 0 Å². The Morgan fingerprint density at radius 1 is 1.26 bits per heavy atom. The molecule has 4 heteroatoms. The van der Waals surface area contributed by atoms with E-state index in [2.05, 4.69) is 21.1 Å². The van der Waals surface area contributed by atoms with Gasteiger partial charge < -0.3 is 9.88 Å². The molecule has 0 aliphatic heterocycles. The molecule has 2 aromatic rings. The van der Waals surface area contributed by atoms with Crippen molar-refractivity contribution in [2.45, 2.75) is 38.6 Å². The zero-order valence-corrected chi connectivity index (χ0v) is 11.1. The smallest absolute Gasteiger partial charge is 0.207 e. The number of aromatic nitrogens is 2. The third-order valence-electron chi connectivity index (χ3n) is 3.69. The van der Waals surface area contributed by atoms with Crippen LogP contribution in [-0.4, -0.2) is 9.55 Å². The highest BCUT2D eigenvalue weighted by Gasteiger charge is 2.20. The Kier molecular flexibility index (Phi) is 3.23. The topological polar surface area (TPSA) is 29.9 Å². The first-order chi connectivity index (χ1) is 9.24. The number of aryl methyl sites for hydroxylation is 1. The minimum absolute atomic E-state index is 0.249. The van der Waals surface area contributed by atoms with Crippen molar-refractivity contribution in [2.24, 2.45) is 0 Å². The van der Waals surface area contributed by atoms with Gasteiger partial charge in [0.25, 0.3) is 0 Å². The van der Waals surface area contributed by atoms with Crippen LogP contribution in [0.15, 0.2) is 30.5 Å². The van der Waals surface area contributed by atoms with Gasteiger partial charge in [0.1, 0.15) is 5.82 Å². The molecule has 0 saturated heterocycles. The first-order valence-corrected chi connectivity index (χ1v) is 6.81.